The molecule has 2 amide bonds. The Morgan fingerprint density at radius 2 is 1.88 bits per heavy atom. The lowest BCUT2D eigenvalue weighted by Gasteiger charge is -2.12. The summed E-state index contributed by atoms with van der Waals surface area (Å²) in [5, 5.41) is 17.4. The van der Waals surface area contributed by atoms with E-state index in [0.29, 0.717) is 36.6 Å². The number of hydrogen-bond acceptors (Lipinski definition) is 7. The van der Waals surface area contributed by atoms with Crippen LogP contribution in [0.2, 0.25) is 0 Å². The van der Waals surface area contributed by atoms with Crippen LogP contribution in [0.15, 0.2) is 59.5 Å². The Morgan fingerprint density at radius 1 is 1.09 bits per heavy atom. The van der Waals surface area contributed by atoms with Crippen molar-refractivity contribution in [1.29, 1.82) is 0 Å². The van der Waals surface area contributed by atoms with Gasteiger partial charge in [-0.05, 0) is 42.8 Å². The molecule has 1 aromatic heterocycles. The molecule has 0 atom stereocenters. The van der Waals surface area contributed by atoms with Gasteiger partial charge in [-0.1, -0.05) is 36.4 Å². The molecular formula is C24H30N6O4. The van der Waals surface area contributed by atoms with E-state index in [1.165, 1.54) is 6.20 Å². The van der Waals surface area contributed by atoms with Crippen molar-refractivity contribution in [3.63, 3.8) is 0 Å². The minimum absolute atomic E-state index is 0.0156. The van der Waals surface area contributed by atoms with Crippen molar-refractivity contribution in [3.05, 3.63) is 70.6 Å². The molecule has 10 heteroatoms. The predicted octanol–water partition coefficient (Wildman–Crippen LogP) is 2.28. The number of para-hydroxylation sites is 2. The lowest BCUT2D eigenvalue weighted by molar-refractivity contribution is 0.234. The van der Waals surface area contributed by atoms with E-state index in [-0.39, 0.29) is 18.1 Å². The zero-order valence-corrected chi connectivity index (χ0v) is 18.8. The number of amides is 2. The molecule has 34 heavy (non-hydrogen) atoms. The minimum Gasteiger partial charge on any atom is -0.491 e. The fraction of sp³-hybridized carbons (Fsp3) is 0.292. The lowest BCUT2D eigenvalue weighted by Crippen LogP contribution is -2.23. The number of urea groups is 1. The molecule has 0 aliphatic heterocycles. The van der Waals surface area contributed by atoms with Gasteiger partial charge in [-0.25, -0.2) is 9.78 Å². The Balaban J connectivity index is 1.60. The van der Waals surface area contributed by atoms with Crippen molar-refractivity contribution in [2.75, 3.05) is 36.9 Å². The molecule has 0 unspecified atom stereocenters. The van der Waals surface area contributed by atoms with Gasteiger partial charge in [0.05, 0.1) is 17.9 Å². The van der Waals surface area contributed by atoms with E-state index in [0.717, 1.165) is 30.6 Å². The van der Waals surface area contributed by atoms with Crippen LogP contribution in [0.1, 0.15) is 18.4 Å². The largest absolute Gasteiger partial charge is 0.491 e. The number of nitrogens with zero attached hydrogens (tertiary/aromatic N) is 1. The van der Waals surface area contributed by atoms with Crippen molar-refractivity contribution in [1.82, 2.24) is 15.3 Å². The Morgan fingerprint density at radius 3 is 2.62 bits per heavy atom. The van der Waals surface area contributed by atoms with Crippen LogP contribution in [0.25, 0.3) is 11.1 Å². The molecule has 0 spiro atoms. The molecule has 0 radical (unpaired) electrons. The van der Waals surface area contributed by atoms with Crippen LogP contribution in [-0.4, -0.2) is 47.4 Å². The number of carbonyl (C=O) groups excluding carboxylic acids is 1. The zero-order chi connectivity index (χ0) is 24.2. The predicted molar refractivity (Wildman–Crippen MR) is 132 cm³/mol. The number of anilines is 2. The number of H-pyrrole nitrogens is 1. The summed E-state index contributed by atoms with van der Waals surface area (Å²) in [4.78, 5) is 31.7. The smallest absolute Gasteiger partial charge is 0.326 e. The number of ether oxygens (including phenoxy) is 1. The summed E-state index contributed by atoms with van der Waals surface area (Å²) in [5.41, 5.74) is 7.80. The quantitative estimate of drug-likeness (QED) is 0.224. The number of nitrogens with two attached hydrogens (primary N) is 1. The van der Waals surface area contributed by atoms with Crippen LogP contribution in [0, 0.1) is 0 Å². The van der Waals surface area contributed by atoms with Crippen molar-refractivity contribution in [3.8, 4) is 16.9 Å². The third kappa shape index (κ3) is 7.41. The van der Waals surface area contributed by atoms with Gasteiger partial charge in [0.25, 0.3) is 5.56 Å². The number of nitrogens with one attached hydrogen (secondary N) is 4. The van der Waals surface area contributed by atoms with Crippen LogP contribution in [0.3, 0.4) is 0 Å². The highest BCUT2D eigenvalue weighted by Gasteiger charge is 2.11. The second-order valence-corrected chi connectivity index (χ2v) is 7.49. The van der Waals surface area contributed by atoms with Gasteiger partial charge in [-0.3, -0.25) is 15.1 Å². The first-order chi connectivity index (χ1) is 16.6. The molecule has 0 aliphatic rings. The number of aliphatic hydroxyl groups excluding tert-OH is 1. The summed E-state index contributed by atoms with van der Waals surface area (Å²) in [6.07, 6.45) is 2.82. The van der Waals surface area contributed by atoms with Crippen LogP contribution in [0.5, 0.6) is 5.75 Å². The second-order valence-electron chi connectivity index (χ2n) is 7.49. The molecule has 7 N–H and O–H groups in total. The zero-order valence-electron chi connectivity index (χ0n) is 18.8. The average molecular weight is 467 g/mol. The first kappa shape index (κ1) is 24.9. The molecular weight excluding hydrogens is 436 g/mol. The number of aromatic nitrogens is 2. The maximum absolute atomic E-state index is 12.6. The van der Waals surface area contributed by atoms with Crippen molar-refractivity contribution < 1.29 is 14.6 Å². The van der Waals surface area contributed by atoms with Crippen molar-refractivity contribution in [2.24, 2.45) is 5.73 Å². The van der Waals surface area contributed by atoms with Crippen molar-refractivity contribution >= 4 is 17.7 Å². The Hall–Kier alpha value is -3.73. The van der Waals surface area contributed by atoms with Gasteiger partial charge in [-0.2, -0.15) is 0 Å². The standard InChI is InChI=1S/C24H30N6O4/c25-11-3-12-26-15-17-7-9-18(10-8-17)19-16-27-23(29-22(19)32)30-24(33)28-20-5-1-2-6-21(20)34-14-4-13-31/h1-2,5-10,16,26,31H,3-4,11-15,25H2,(H3,27,28,29,30,32,33). The summed E-state index contributed by atoms with van der Waals surface area (Å²) in [7, 11) is 0. The molecule has 1 heterocycles. The molecule has 0 saturated carbocycles. The van der Waals surface area contributed by atoms with Gasteiger partial charge in [-0.15, -0.1) is 0 Å². The number of aliphatic hydroxyl groups is 1. The lowest BCUT2D eigenvalue weighted by atomic mass is 10.1. The average Bonchev–Trinajstić information content (AvgIpc) is 2.84. The normalized spacial score (nSPS) is 10.6. The molecule has 0 bridgehead atoms. The highest BCUT2D eigenvalue weighted by Crippen LogP contribution is 2.24. The maximum atomic E-state index is 12.6. The van der Waals surface area contributed by atoms with Crippen LogP contribution < -0.4 is 32.0 Å². The summed E-state index contributed by atoms with van der Waals surface area (Å²) in [6, 6.07) is 14.0. The summed E-state index contributed by atoms with van der Waals surface area (Å²) in [6.45, 7) is 2.57. The number of rotatable bonds is 12. The van der Waals surface area contributed by atoms with Gasteiger partial charge >= 0.3 is 6.03 Å². The van der Waals surface area contributed by atoms with Gasteiger partial charge < -0.3 is 26.2 Å². The Labute approximate surface area is 197 Å². The topological polar surface area (TPSA) is 154 Å². The Kier molecular flexibility index (Phi) is 9.59. The van der Waals surface area contributed by atoms with E-state index in [9.17, 15) is 9.59 Å². The van der Waals surface area contributed by atoms with Crippen LogP contribution in [-0.2, 0) is 6.54 Å². The van der Waals surface area contributed by atoms with Crippen LogP contribution in [0.4, 0.5) is 16.4 Å². The third-order valence-electron chi connectivity index (χ3n) is 4.88. The number of hydrogen-bond donors (Lipinski definition) is 6. The molecule has 0 saturated heterocycles. The monoisotopic (exact) mass is 466 g/mol. The van der Waals surface area contributed by atoms with E-state index in [1.54, 1.807) is 24.3 Å². The van der Waals surface area contributed by atoms with Gasteiger partial charge in [0.1, 0.15) is 5.75 Å². The first-order valence-electron chi connectivity index (χ1n) is 11.1. The number of carbonyl (C=O) groups is 1. The van der Waals surface area contributed by atoms with E-state index in [2.05, 4.69) is 25.9 Å². The van der Waals surface area contributed by atoms with Gasteiger partial charge in [0.15, 0.2) is 0 Å². The summed E-state index contributed by atoms with van der Waals surface area (Å²) in [5.74, 6) is 0.492. The molecule has 180 valence electrons. The molecule has 3 aromatic rings. The molecule has 0 fully saturated rings. The SMILES string of the molecule is NCCCNCc1ccc(-c2cnc(NC(=O)Nc3ccccc3OCCCO)[nH]c2=O)cc1. The first-order valence-corrected chi connectivity index (χ1v) is 11.1. The highest BCUT2D eigenvalue weighted by molar-refractivity contribution is 5.99. The van der Waals surface area contributed by atoms with Gasteiger partial charge in [0, 0.05) is 25.8 Å². The van der Waals surface area contributed by atoms with E-state index >= 15 is 0 Å². The number of benzene rings is 2. The molecule has 2 aromatic carbocycles. The third-order valence-corrected chi connectivity index (χ3v) is 4.88. The Bertz CT molecular complexity index is 1120. The van der Waals surface area contributed by atoms with Gasteiger partial charge in [0.2, 0.25) is 5.95 Å². The highest BCUT2D eigenvalue weighted by atomic mass is 16.5. The van der Waals surface area contributed by atoms with E-state index in [4.69, 9.17) is 15.6 Å². The fourth-order valence-corrected chi connectivity index (χ4v) is 3.13. The van der Waals surface area contributed by atoms with E-state index < -0.39 is 6.03 Å². The fourth-order valence-electron chi connectivity index (χ4n) is 3.13. The molecule has 0 aliphatic carbocycles. The maximum Gasteiger partial charge on any atom is 0.326 e. The van der Waals surface area contributed by atoms with Crippen LogP contribution >= 0.6 is 0 Å². The minimum atomic E-state index is -0.583. The number of aromatic amines is 1. The molecule has 3 rings (SSSR count). The second kappa shape index (κ2) is 13.1. The molecule has 10 nitrogen and oxygen atoms in total. The summed E-state index contributed by atoms with van der Waals surface area (Å²) >= 11 is 0. The van der Waals surface area contributed by atoms with E-state index in [1.807, 2.05) is 24.3 Å². The summed E-state index contributed by atoms with van der Waals surface area (Å²) < 4.78 is 5.57. The van der Waals surface area contributed by atoms with Crippen molar-refractivity contribution in [2.45, 2.75) is 19.4 Å².